The highest BCUT2D eigenvalue weighted by Crippen LogP contribution is 2.26. The maximum absolute atomic E-state index is 13.7. The highest BCUT2D eigenvalue weighted by atomic mass is 127. The first-order valence-electron chi connectivity index (χ1n) is 5.61. The number of nitrogens with one attached hydrogen (secondary N) is 1. The smallest absolute Gasteiger partial charge is 0.255 e. The Labute approximate surface area is 137 Å². The molecule has 0 spiro atoms. The van der Waals surface area contributed by atoms with Crippen LogP contribution in [0.2, 0.25) is 0 Å². The van der Waals surface area contributed by atoms with E-state index < -0.39 is 5.82 Å². The van der Waals surface area contributed by atoms with Crippen LogP contribution in [-0.4, -0.2) is 13.0 Å². The number of benzene rings is 2. The molecule has 0 aromatic heterocycles. The van der Waals surface area contributed by atoms with Gasteiger partial charge < -0.3 is 10.1 Å². The van der Waals surface area contributed by atoms with Gasteiger partial charge in [-0.2, -0.15) is 0 Å². The number of hydrogen-bond acceptors (Lipinski definition) is 2. The lowest BCUT2D eigenvalue weighted by Crippen LogP contribution is -2.13. The second kappa shape index (κ2) is 6.53. The summed E-state index contributed by atoms with van der Waals surface area (Å²) in [5.41, 5.74) is 0.568. The number of halogens is 3. The van der Waals surface area contributed by atoms with Gasteiger partial charge in [0.15, 0.2) is 0 Å². The molecule has 0 aliphatic rings. The first-order chi connectivity index (χ1) is 9.51. The van der Waals surface area contributed by atoms with Crippen molar-refractivity contribution < 1.29 is 13.9 Å². The monoisotopic (exact) mass is 449 g/mol. The average Bonchev–Trinajstić information content (AvgIpc) is 2.41. The zero-order valence-electron chi connectivity index (χ0n) is 10.4. The van der Waals surface area contributed by atoms with Crippen LogP contribution in [0.15, 0.2) is 40.9 Å². The van der Waals surface area contributed by atoms with Crippen molar-refractivity contribution in [2.24, 2.45) is 0 Å². The summed E-state index contributed by atoms with van der Waals surface area (Å²) >= 11 is 5.31. The van der Waals surface area contributed by atoms with E-state index in [-0.39, 0.29) is 11.6 Å². The zero-order chi connectivity index (χ0) is 14.7. The van der Waals surface area contributed by atoms with Crippen molar-refractivity contribution >= 4 is 50.1 Å². The summed E-state index contributed by atoms with van der Waals surface area (Å²) in [6.45, 7) is 0. The van der Waals surface area contributed by atoms with Gasteiger partial charge in [0, 0.05) is 9.13 Å². The minimum Gasteiger partial charge on any atom is -0.496 e. The first kappa shape index (κ1) is 15.2. The summed E-state index contributed by atoms with van der Waals surface area (Å²) < 4.78 is 20.2. The van der Waals surface area contributed by atoms with Gasteiger partial charge in [0.05, 0.1) is 17.3 Å². The minimum atomic E-state index is -0.460. The van der Waals surface area contributed by atoms with Gasteiger partial charge in [-0.05, 0) is 74.9 Å². The summed E-state index contributed by atoms with van der Waals surface area (Å²) in [5.74, 6) is -0.215. The van der Waals surface area contributed by atoms with Crippen LogP contribution in [0.4, 0.5) is 10.1 Å². The Hall–Kier alpha value is -1.15. The van der Waals surface area contributed by atoms with E-state index in [4.69, 9.17) is 4.74 Å². The number of methoxy groups -OCH3 is 1. The van der Waals surface area contributed by atoms with Crippen LogP contribution < -0.4 is 10.1 Å². The van der Waals surface area contributed by atoms with E-state index in [0.717, 1.165) is 3.57 Å². The molecule has 0 saturated heterocycles. The molecule has 0 atom stereocenters. The van der Waals surface area contributed by atoms with Crippen molar-refractivity contribution in [3.63, 3.8) is 0 Å². The molecule has 0 aliphatic heterocycles. The van der Waals surface area contributed by atoms with E-state index in [9.17, 15) is 9.18 Å². The van der Waals surface area contributed by atoms with Crippen molar-refractivity contribution in [3.8, 4) is 5.75 Å². The summed E-state index contributed by atoms with van der Waals surface area (Å²) in [5, 5.41) is 2.54. The third-order valence-electron chi connectivity index (χ3n) is 2.59. The van der Waals surface area contributed by atoms with Gasteiger partial charge in [-0.25, -0.2) is 4.39 Å². The fraction of sp³-hybridized carbons (Fsp3) is 0.0714. The second-order valence-corrected chi connectivity index (χ2v) is 6.03. The largest absolute Gasteiger partial charge is 0.496 e. The molecule has 2 aromatic carbocycles. The average molecular weight is 450 g/mol. The highest BCUT2D eigenvalue weighted by Gasteiger charge is 2.11. The predicted octanol–water partition coefficient (Wildman–Crippen LogP) is 4.45. The van der Waals surface area contributed by atoms with Crippen LogP contribution in [0.5, 0.6) is 5.75 Å². The van der Waals surface area contributed by atoms with Crippen LogP contribution in [0.3, 0.4) is 0 Å². The molecule has 1 N–H and O–H groups in total. The van der Waals surface area contributed by atoms with Crippen LogP contribution >= 0.6 is 38.5 Å². The minimum absolute atomic E-state index is 0.155. The quantitative estimate of drug-likeness (QED) is 0.703. The summed E-state index contributed by atoms with van der Waals surface area (Å²) in [4.78, 5) is 12.1. The molecular weight excluding hydrogens is 440 g/mol. The lowest BCUT2D eigenvalue weighted by Gasteiger charge is -2.08. The molecule has 0 aliphatic carbocycles. The van der Waals surface area contributed by atoms with Crippen LogP contribution in [0.1, 0.15) is 10.4 Å². The molecule has 20 heavy (non-hydrogen) atoms. The molecule has 3 nitrogen and oxygen atoms in total. The Morgan fingerprint density at radius 1 is 1.30 bits per heavy atom. The lowest BCUT2D eigenvalue weighted by atomic mass is 10.2. The molecule has 0 radical (unpaired) electrons. The Balaban J connectivity index is 2.21. The number of carbonyl (C=O) groups is 1. The summed E-state index contributed by atoms with van der Waals surface area (Å²) in [6.07, 6.45) is 0. The Morgan fingerprint density at radius 3 is 2.65 bits per heavy atom. The Morgan fingerprint density at radius 2 is 2.05 bits per heavy atom. The van der Waals surface area contributed by atoms with Gasteiger partial charge in [0.25, 0.3) is 5.91 Å². The standard InChI is InChI=1S/C14H10BrFINO2/c1-20-13-5-2-8(6-10(13)15)14(19)18-12-4-3-9(17)7-11(12)16/h2-7H,1H3,(H,18,19). The topological polar surface area (TPSA) is 38.3 Å². The molecule has 0 unspecified atom stereocenters. The SMILES string of the molecule is COc1ccc(C(=O)Nc2ccc(I)cc2F)cc1Br. The van der Waals surface area contributed by atoms with Crippen LogP contribution in [-0.2, 0) is 0 Å². The van der Waals surface area contributed by atoms with Crippen molar-refractivity contribution in [1.29, 1.82) is 0 Å². The number of anilines is 1. The number of amides is 1. The number of rotatable bonds is 3. The number of ether oxygens (including phenoxy) is 1. The number of hydrogen-bond donors (Lipinski definition) is 1. The summed E-state index contributed by atoms with van der Waals surface area (Å²) in [7, 11) is 1.54. The molecule has 0 bridgehead atoms. The fourth-order valence-electron chi connectivity index (χ4n) is 1.59. The molecule has 1 amide bonds. The normalized spacial score (nSPS) is 10.2. The fourth-order valence-corrected chi connectivity index (χ4v) is 2.59. The molecule has 2 aromatic rings. The molecule has 2 rings (SSSR count). The number of carbonyl (C=O) groups excluding carboxylic acids is 1. The second-order valence-electron chi connectivity index (χ2n) is 3.93. The molecule has 0 fully saturated rings. The van der Waals surface area contributed by atoms with Crippen molar-refractivity contribution in [1.82, 2.24) is 0 Å². The van der Waals surface area contributed by atoms with Crippen LogP contribution in [0, 0.1) is 9.39 Å². The maximum Gasteiger partial charge on any atom is 0.255 e. The lowest BCUT2D eigenvalue weighted by molar-refractivity contribution is 0.102. The van der Waals surface area contributed by atoms with Gasteiger partial charge in [-0.1, -0.05) is 0 Å². The van der Waals surface area contributed by atoms with Crippen molar-refractivity contribution in [2.75, 3.05) is 12.4 Å². The van der Waals surface area contributed by atoms with Gasteiger partial charge in [0.2, 0.25) is 0 Å². The van der Waals surface area contributed by atoms with Gasteiger partial charge in [0.1, 0.15) is 11.6 Å². The van der Waals surface area contributed by atoms with E-state index in [2.05, 4.69) is 21.2 Å². The highest BCUT2D eigenvalue weighted by molar-refractivity contribution is 14.1. The summed E-state index contributed by atoms with van der Waals surface area (Å²) in [6, 6.07) is 9.53. The Kier molecular flexibility index (Phi) is 4.98. The van der Waals surface area contributed by atoms with E-state index in [1.807, 2.05) is 22.6 Å². The maximum atomic E-state index is 13.7. The van der Waals surface area contributed by atoms with Gasteiger partial charge >= 0.3 is 0 Å². The molecule has 0 heterocycles. The molecular formula is C14H10BrFINO2. The van der Waals surface area contributed by atoms with E-state index >= 15 is 0 Å². The molecule has 0 saturated carbocycles. The predicted molar refractivity (Wildman–Crippen MR) is 87.8 cm³/mol. The van der Waals surface area contributed by atoms with E-state index in [1.165, 1.54) is 12.1 Å². The Bertz CT molecular complexity index is 664. The van der Waals surface area contributed by atoms with Gasteiger partial charge in [-0.3, -0.25) is 4.79 Å². The molecule has 104 valence electrons. The van der Waals surface area contributed by atoms with Crippen molar-refractivity contribution in [2.45, 2.75) is 0 Å². The van der Waals surface area contributed by atoms with Crippen molar-refractivity contribution in [3.05, 3.63) is 55.8 Å². The third-order valence-corrected chi connectivity index (χ3v) is 3.88. The molecule has 6 heteroatoms. The first-order valence-corrected chi connectivity index (χ1v) is 7.48. The van der Waals surface area contributed by atoms with E-state index in [0.29, 0.717) is 15.8 Å². The third kappa shape index (κ3) is 3.49. The van der Waals surface area contributed by atoms with Gasteiger partial charge in [-0.15, -0.1) is 0 Å². The van der Waals surface area contributed by atoms with Crippen LogP contribution in [0.25, 0.3) is 0 Å². The van der Waals surface area contributed by atoms with E-state index in [1.54, 1.807) is 31.4 Å². The zero-order valence-corrected chi connectivity index (χ0v) is 14.2.